The van der Waals surface area contributed by atoms with E-state index in [1.807, 2.05) is 7.05 Å². The lowest BCUT2D eigenvalue weighted by Gasteiger charge is -2.31. The molecular formula is C56H120N8O5. The van der Waals surface area contributed by atoms with Crippen LogP contribution in [0, 0.1) is 11.8 Å². The third kappa shape index (κ3) is 33.8. The zero-order valence-corrected chi connectivity index (χ0v) is 47.4. The molecule has 0 bridgehead atoms. The molecule has 0 aromatic heterocycles. The van der Waals surface area contributed by atoms with E-state index in [0.29, 0.717) is 50.3 Å². The first kappa shape index (κ1) is 66.5. The van der Waals surface area contributed by atoms with Gasteiger partial charge in [-0.15, -0.1) is 0 Å². The molecule has 8 rings (SSSR count). The number of rotatable bonds is 6. The lowest BCUT2D eigenvalue weighted by atomic mass is 9.98. The molecule has 0 aromatic rings. The first-order valence-electron chi connectivity index (χ1n) is 28.8. The summed E-state index contributed by atoms with van der Waals surface area (Å²) >= 11 is 0. The molecule has 8 saturated heterocycles. The molecule has 414 valence electrons. The molecule has 8 aliphatic heterocycles. The summed E-state index contributed by atoms with van der Waals surface area (Å²) in [6.07, 6.45) is 29.7. The van der Waals surface area contributed by atoms with E-state index in [4.69, 9.17) is 25.5 Å². The maximum Gasteiger partial charge on any atom is 0.0667 e. The molecule has 6 unspecified atom stereocenters. The van der Waals surface area contributed by atoms with Crippen LogP contribution < -0.4 is 0 Å². The van der Waals surface area contributed by atoms with E-state index in [2.05, 4.69) is 102 Å². The van der Waals surface area contributed by atoms with Gasteiger partial charge in [-0.3, -0.25) is 0 Å². The third-order valence-corrected chi connectivity index (χ3v) is 16.3. The fourth-order valence-electron chi connectivity index (χ4n) is 10.8. The summed E-state index contributed by atoms with van der Waals surface area (Å²) in [5.74, 6) is 1.13. The first-order chi connectivity index (χ1) is 33.2. The van der Waals surface area contributed by atoms with Gasteiger partial charge in [0, 0.05) is 57.1 Å². The van der Waals surface area contributed by atoms with Gasteiger partial charge in [0.05, 0.1) is 12.7 Å². The number of hydrogen-bond acceptors (Lipinski definition) is 13. The smallest absolute Gasteiger partial charge is 0.0667 e. The van der Waals surface area contributed by atoms with Crippen LogP contribution in [0.25, 0.3) is 0 Å². The van der Waals surface area contributed by atoms with Gasteiger partial charge in [-0.05, 0) is 256 Å². The van der Waals surface area contributed by atoms with Gasteiger partial charge in [-0.1, -0.05) is 39.0 Å². The summed E-state index contributed by atoms with van der Waals surface area (Å²) in [5, 5.41) is 44.1. The molecule has 69 heavy (non-hydrogen) atoms. The highest BCUT2D eigenvalue weighted by Crippen LogP contribution is 2.19. The van der Waals surface area contributed by atoms with Crippen LogP contribution in [0.3, 0.4) is 0 Å². The molecule has 13 heteroatoms. The van der Waals surface area contributed by atoms with Gasteiger partial charge < -0.3 is 64.7 Å². The van der Waals surface area contributed by atoms with Crippen LogP contribution in [0.1, 0.15) is 162 Å². The number of nitrogens with zero attached hydrogens (tertiary/aromatic N) is 8. The van der Waals surface area contributed by atoms with Crippen molar-refractivity contribution in [1.82, 2.24) is 39.2 Å². The average Bonchev–Trinajstić information content (AvgIpc) is 3.35. The third-order valence-electron chi connectivity index (χ3n) is 16.3. The topological polar surface area (TPSA) is 127 Å². The predicted molar refractivity (Wildman–Crippen MR) is 295 cm³/mol. The van der Waals surface area contributed by atoms with Crippen molar-refractivity contribution in [2.45, 2.75) is 192 Å². The highest BCUT2D eigenvalue weighted by molar-refractivity contribution is 4.75. The molecule has 0 saturated carbocycles. The van der Waals surface area contributed by atoms with Crippen molar-refractivity contribution >= 4 is 0 Å². The van der Waals surface area contributed by atoms with E-state index in [0.717, 1.165) is 70.6 Å². The predicted octanol–water partition coefficient (Wildman–Crippen LogP) is 6.50. The number of aliphatic hydroxyl groups is 5. The summed E-state index contributed by atoms with van der Waals surface area (Å²) in [6.45, 7) is 20.3. The standard InChI is InChI=1S/C8H17NO.C8H17N.3C7H15NO.C7H15N.C6H13NO.C6H13N/c1-9-6-3-2-4-8(9)5-7-10;1-3-8-6-4-5-7-9(8)2;1-8-4-2-7(6-9)3-5-8;1-8-4-2-3-7(5-8)6-9;1-8-5-3-2-4-7(8)6-9;1-7-5-3-4-6-8(7)2;1-7-4-2-3-6(8)5-7;1-7-5-3-2-4-6-7/h8,10H,2-7H2,1H3;8H,3-7H2,1-2H3;3*7,9H,2-6H2,1H3;7H,3-6H2,1-2H3;6,8H,2-5H2,1H3;2-6H2,1H3. The molecule has 0 aromatic carbocycles. The zero-order chi connectivity index (χ0) is 51.2. The van der Waals surface area contributed by atoms with Crippen molar-refractivity contribution < 1.29 is 25.5 Å². The fourth-order valence-corrected chi connectivity index (χ4v) is 10.8. The maximum atomic E-state index is 9.04. The normalized spacial score (nSPS) is 29.6. The van der Waals surface area contributed by atoms with Gasteiger partial charge in [-0.2, -0.15) is 0 Å². The molecule has 8 heterocycles. The van der Waals surface area contributed by atoms with Crippen molar-refractivity contribution in [1.29, 1.82) is 0 Å². The quantitative estimate of drug-likeness (QED) is 0.199. The Hall–Kier alpha value is -0.520. The van der Waals surface area contributed by atoms with Crippen molar-refractivity contribution in [3.05, 3.63) is 0 Å². The molecule has 0 aliphatic carbocycles. The minimum absolute atomic E-state index is 0.0613. The van der Waals surface area contributed by atoms with Crippen molar-refractivity contribution in [2.24, 2.45) is 11.8 Å². The molecular weight excluding hydrogens is 865 g/mol. The summed E-state index contributed by atoms with van der Waals surface area (Å²) in [4.78, 5) is 18.7. The Morgan fingerprint density at radius 1 is 0.362 bits per heavy atom. The van der Waals surface area contributed by atoms with Crippen LogP contribution in [0.2, 0.25) is 0 Å². The summed E-state index contributed by atoms with van der Waals surface area (Å²) in [6, 6.07) is 2.82. The fraction of sp³-hybridized carbons (Fsp3) is 1.00. The first-order valence-corrected chi connectivity index (χ1v) is 28.8. The molecule has 0 radical (unpaired) electrons. The molecule has 6 atom stereocenters. The van der Waals surface area contributed by atoms with E-state index in [9.17, 15) is 0 Å². The molecule has 0 amide bonds. The molecule has 0 spiro atoms. The number of likely N-dealkylation sites (tertiary alicyclic amines) is 8. The zero-order valence-electron chi connectivity index (χ0n) is 47.4. The van der Waals surface area contributed by atoms with Crippen LogP contribution in [0.4, 0.5) is 0 Å². The van der Waals surface area contributed by atoms with Crippen molar-refractivity contribution in [3.8, 4) is 0 Å². The van der Waals surface area contributed by atoms with Gasteiger partial charge in [0.15, 0.2) is 0 Å². The van der Waals surface area contributed by atoms with Gasteiger partial charge in [0.2, 0.25) is 0 Å². The number of β-amino-alcohol motifs (C(OH)–C–C–N with tert-alkyl or cyclic N) is 1. The van der Waals surface area contributed by atoms with E-state index in [1.54, 1.807) is 0 Å². The Labute approximate surface area is 428 Å². The van der Waals surface area contributed by atoms with Crippen LogP contribution >= 0.6 is 0 Å². The van der Waals surface area contributed by atoms with E-state index >= 15 is 0 Å². The van der Waals surface area contributed by atoms with Crippen LogP contribution in [0.15, 0.2) is 0 Å². The SMILES string of the molecule is CC1CCCCN1C.CCC1CCCCN1C.CN1CCC(CO)CC1.CN1CCCC(CO)C1.CN1CCCC(O)C1.CN1CCCCC1.CN1CCCCC1CCO.CN1CCCCC1CO. The second-order valence-electron chi connectivity index (χ2n) is 22.6. The van der Waals surface area contributed by atoms with Crippen LogP contribution in [-0.4, -0.2) is 256 Å². The number of piperidine rings is 8. The monoisotopic (exact) mass is 985 g/mol. The van der Waals surface area contributed by atoms with Gasteiger partial charge in [0.1, 0.15) is 0 Å². The Morgan fingerprint density at radius 3 is 1.12 bits per heavy atom. The highest BCUT2D eigenvalue weighted by atomic mass is 16.3. The minimum atomic E-state index is -0.0613. The average molecular weight is 986 g/mol. The minimum Gasteiger partial charge on any atom is -0.396 e. The molecule has 5 N–H and O–H groups in total. The van der Waals surface area contributed by atoms with Gasteiger partial charge >= 0.3 is 0 Å². The maximum absolute atomic E-state index is 9.04. The van der Waals surface area contributed by atoms with E-state index in [1.165, 1.54) is 168 Å². The Kier molecular flexibility index (Phi) is 41.2. The lowest BCUT2D eigenvalue weighted by Crippen LogP contribution is -2.38. The highest BCUT2D eigenvalue weighted by Gasteiger charge is 2.20. The van der Waals surface area contributed by atoms with Crippen molar-refractivity contribution in [3.63, 3.8) is 0 Å². The number of likely N-dealkylation sites (N-methyl/N-ethyl adjacent to an activating group) is 2. The Morgan fingerprint density at radius 2 is 0.797 bits per heavy atom. The lowest BCUT2D eigenvalue weighted by molar-refractivity contribution is 0.0846. The molecule has 8 fully saturated rings. The molecule has 13 nitrogen and oxygen atoms in total. The number of aliphatic hydroxyl groups excluding tert-OH is 5. The van der Waals surface area contributed by atoms with E-state index in [-0.39, 0.29) is 6.10 Å². The Bertz CT molecular complexity index is 1080. The molecule has 8 aliphatic rings. The van der Waals surface area contributed by atoms with Gasteiger partial charge in [-0.25, -0.2) is 0 Å². The van der Waals surface area contributed by atoms with Crippen molar-refractivity contribution in [2.75, 3.05) is 161 Å². The summed E-state index contributed by atoms with van der Waals surface area (Å²) in [7, 11) is 17.2. The number of hydrogen-bond donors (Lipinski definition) is 5. The second kappa shape index (κ2) is 42.8. The second-order valence-corrected chi connectivity index (χ2v) is 22.6. The van der Waals surface area contributed by atoms with Gasteiger partial charge in [0.25, 0.3) is 0 Å². The largest absolute Gasteiger partial charge is 0.396 e. The van der Waals surface area contributed by atoms with Crippen LogP contribution in [0.5, 0.6) is 0 Å². The summed E-state index contributed by atoms with van der Waals surface area (Å²) < 4.78 is 0. The Balaban J connectivity index is 0.000000395. The summed E-state index contributed by atoms with van der Waals surface area (Å²) in [5.41, 5.74) is 0. The van der Waals surface area contributed by atoms with Crippen LogP contribution in [-0.2, 0) is 0 Å². The van der Waals surface area contributed by atoms with E-state index < -0.39 is 0 Å².